The highest BCUT2D eigenvalue weighted by Crippen LogP contribution is 2.46. The summed E-state index contributed by atoms with van der Waals surface area (Å²) in [6.45, 7) is 14.4. The number of rotatable bonds is 6. The molecule has 2 heteroatoms. The molecule has 0 aliphatic heterocycles. The van der Waals surface area contributed by atoms with E-state index in [9.17, 15) is 10.2 Å². The molecule has 140 valence electrons. The topological polar surface area (TPSA) is 40.5 Å². The first-order valence-corrected chi connectivity index (χ1v) is 9.81. The third-order valence-corrected chi connectivity index (χ3v) is 4.98. The normalized spacial score (nSPS) is 19.6. The Morgan fingerprint density at radius 3 is 2.28 bits per heavy atom. The van der Waals surface area contributed by atoms with Crippen LogP contribution in [0.2, 0.25) is 0 Å². The lowest BCUT2D eigenvalue weighted by Gasteiger charge is -2.31. The quantitative estimate of drug-likeness (QED) is 0.436. The monoisotopic (exact) mass is 344 g/mol. The Balaban J connectivity index is 0.00000151. The van der Waals surface area contributed by atoms with E-state index < -0.39 is 0 Å². The molecule has 2 N–H and O–H groups in total. The summed E-state index contributed by atoms with van der Waals surface area (Å²) >= 11 is 0. The van der Waals surface area contributed by atoms with Crippen molar-refractivity contribution < 1.29 is 10.2 Å². The molecule has 1 aromatic carbocycles. The lowest BCUT2D eigenvalue weighted by molar-refractivity contribution is 0.406. The highest BCUT2D eigenvalue weighted by molar-refractivity contribution is 5.51. The van der Waals surface area contributed by atoms with Gasteiger partial charge < -0.3 is 10.2 Å². The van der Waals surface area contributed by atoms with Gasteiger partial charge in [-0.2, -0.15) is 0 Å². The average molecular weight is 345 g/mol. The zero-order valence-corrected chi connectivity index (χ0v) is 16.7. The molecule has 25 heavy (non-hydrogen) atoms. The molecule has 2 nitrogen and oxygen atoms in total. The number of allylic oxidation sites excluding steroid dienone is 3. The van der Waals surface area contributed by atoms with E-state index in [1.165, 1.54) is 18.4 Å². The Morgan fingerprint density at radius 1 is 1.16 bits per heavy atom. The van der Waals surface area contributed by atoms with Crippen molar-refractivity contribution in [1.29, 1.82) is 0 Å². The zero-order chi connectivity index (χ0) is 19.0. The number of benzene rings is 1. The van der Waals surface area contributed by atoms with Crippen LogP contribution in [-0.4, -0.2) is 10.2 Å². The Bertz CT molecular complexity index is 575. The van der Waals surface area contributed by atoms with E-state index in [4.69, 9.17) is 0 Å². The Labute approximate surface area is 154 Å². The van der Waals surface area contributed by atoms with Crippen LogP contribution in [0, 0.1) is 5.92 Å². The van der Waals surface area contributed by atoms with Crippen molar-refractivity contribution in [2.24, 2.45) is 5.92 Å². The van der Waals surface area contributed by atoms with Gasteiger partial charge in [-0.1, -0.05) is 57.4 Å². The first-order valence-electron chi connectivity index (χ1n) is 9.81. The summed E-state index contributed by atoms with van der Waals surface area (Å²) in [6.07, 6.45) is 8.61. The predicted molar refractivity (Wildman–Crippen MR) is 108 cm³/mol. The van der Waals surface area contributed by atoms with Crippen molar-refractivity contribution in [2.75, 3.05) is 0 Å². The van der Waals surface area contributed by atoms with E-state index in [1.807, 2.05) is 32.9 Å². The van der Waals surface area contributed by atoms with Gasteiger partial charge in [-0.25, -0.2) is 0 Å². The number of phenols is 2. The highest BCUT2D eigenvalue weighted by atomic mass is 16.3. The van der Waals surface area contributed by atoms with Gasteiger partial charge in [-0.05, 0) is 63.1 Å². The molecule has 0 heterocycles. The number of hydrogen-bond acceptors (Lipinski definition) is 2. The molecule has 0 radical (unpaired) electrons. The van der Waals surface area contributed by atoms with Crippen LogP contribution < -0.4 is 0 Å². The third-order valence-electron chi connectivity index (χ3n) is 4.98. The van der Waals surface area contributed by atoms with Crippen LogP contribution in [0.5, 0.6) is 11.5 Å². The van der Waals surface area contributed by atoms with Crippen LogP contribution in [0.3, 0.4) is 0 Å². The SMILES string of the molecule is C=C(C)C1CCC(C)=C[C@H]1c1c(O)cc(CCCCC)cc1O.CC. The lowest BCUT2D eigenvalue weighted by atomic mass is 9.73. The van der Waals surface area contributed by atoms with Gasteiger partial charge >= 0.3 is 0 Å². The number of phenolic OH excluding ortho intramolecular Hbond substituents is 2. The molecule has 2 atom stereocenters. The van der Waals surface area contributed by atoms with Crippen molar-refractivity contribution in [3.05, 3.63) is 47.1 Å². The fourth-order valence-electron chi connectivity index (χ4n) is 3.65. The smallest absolute Gasteiger partial charge is 0.123 e. The molecule has 0 saturated heterocycles. The minimum Gasteiger partial charge on any atom is -0.507 e. The van der Waals surface area contributed by atoms with Crippen molar-refractivity contribution >= 4 is 0 Å². The van der Waals surface area contributed by atoms with E-state index in [0.29, 0.717) is 5.56 Å². The maximum Gasteiger partial charge on any atom is 0.123 e. The molecule has 1 unspecified atom stereocenters. The fraction of sp³-hybridized carbons (Fsp3) is 0.565. The van der Waals surface area contributed by atoms with Crippen LogP contribution in [0.15, 0.2) is 35.9 Å². The summed E-state index contributed by atoms with van der Waals surface area (Å²) < 4.78 is 0. The largest absolute Gasteiger partial charge is 0.507 e. The average Bonchev–Trinajstić information content (AvgIpc) is 2.56. The summed E-state index contributed by atoms with van der Waals surface area (Å²) in [5, 5.41) is 21.1. The standard InChI is InChI=1S/C21H30O2.C2H6/c1-5-6-7-8-16-12-19(22)21(20(23)13-16)18-11-15(4)9-10-17(18)14(2)3;1-2/h11-13,17-18,22-23H,2,5-10H2,1,3-4H3;1-2H3/t17?,18-;/m1./s1. The van der Waals surface area contributed by atoms with Crippen LogP contribution >= 0.6 is 0 Å². The van der Waals surface area contributed by atoms with E-state index in [0.717, 1.165) is 36.8 Å². The molecule has 1 aliphatic carbocycles. The van der Waals surface area contributed by atoms with E-state index in [-0.39, 0.29) is 23.3 Å². The fourth-order valence-corrected chi connectivity index (χ4v) is 3.65. The van der Waals surface area contributed by atoms with Crippen molar-refractivity contribution in [3.63, 3.8) is 0 Å². The number of hydrogen-bond donors (Lipinski definition) is 2. The van der Waals surface area contributed by atoms with Gasteiger partial charge in [-0.15, -0.1) is 0 Å². The first kappa shape index (κ1) is 21.3. The van der Waals surface area contributed by atoms with E-state index in [2.05, 4.69) is 26.5 Å². The van der Waals surface area contributed by atoms with Crippen molar-refractivity contribution in [2.45, 2.75) is 79.1 Å². The van der Waals surface area contributed by atoms with Crippen LogP contribution in [0.1, 0.15) is 83.8 Å². The minimum atomic E-state index is 0.0194. The second kappa shape index (κ2) is 10.3. The highest BCUT2D eigenvalue weighted by Gasteiger charge is 2.29. The molecule has 0 saturated carbocycles. The van der Waals surface area contributed by atoms with Crippen LogP contribution in [0.4, 0.5) is 0 Å². The van der Waals surface area contributed by atoms with E-state index in [1.54, 1.807) is 0 Å². The summed E-state index contributed by atoms with van der Waals surface area (Å²) in [5.74, 6) is 0.741. The van der Waals surface area contributed by atoms with Crippen molar-refractivity contribution in [1.82, 2.24) is 0 Å². The number of aryl methyl sites for hydroxylation is 1. The molecule has 1 aromatic rings. The predicted octanol–water partition coefficient (Wildman–Crippen LogP) is 6.87. The van der Waals surface area contributed by atoms with Gasteiger partial charge in [0.1, 0.15) is 11.5 Å². The minimum absolute atomic E-state index is 0.0194. The second-order valence-corrected chi connectivity index (χ2v) is 7.04. The number of unbranched alkanes of at least 4 members (excludes halogenated alkanes) is 2. The van der Waals surface area contributed by atoms with E-state index >= 15 is 0 Å². The third kappa shape index (κ3) is 5.66. The van der Waals surface area contributed by atoms with Gasteiger partial charge in [0.15, 0.2) is 0 Å². The Morgan fingerprint density at radius 2 is 1.76 bits per heavy atom. The maximum absolute atomic E-state index is 10.5. The van der Waals surface area contributed by atoms with Crippen LogP contribution in [0.25, 0.3) is 0 Å². The summed E-state index contributed by atoms with van der Waals surface area (Å²) in [4.78, 5) is 0. The molecule has 0 fully saturated rings. The first-order chi connectivity index (χ1) is 11.9. The van der Waals surface area contributed by atoms with Crippen molar-refractivity contribution in [3.8, 4) is 11.5 Å². The summed E-state index contributed by atoms with van der Waals surface area (Å²) in [6, 6.07) is 3.66. The number of aromatic hydroxyl groups is 2. The molecular weight excluding hydrogens is 308 g/mol. The van der Waals surface area contributed by atoms with Gasteiger partial charge in [0, 0.05) is 11.5 Å². The zero-order valence-electron chi connectivity index (χ0n) is 16.7. The molecule has 0 aromatic heterocycles. The molecule has 1 aliphatic rings. The molecule has 0 amide bonds. The Hall–Kier alpha value is -1.70. The molecular formula is C23H36O2. The summed E-state index contributed by atoms with van der Waals surface area (Å²) in [5.41, 5.74) is 4.11. The van der Waals surface area contributed by atoms with Crippen LogP contribution in [-0.2, 0) is 6.42 Å². The van der Waals surface area contributed by atoms with Gasteiger partial charge in [0.2, 0.25) is 0 Å². The Kier molecular flexibility index (Phi) is 8.82. The summed E-state index contributed by atoms with van der Waals surface area (Å²) in [7, 11) is 0. The second-order valence-electron chi connectivity index (χ2n) is 7.04. The maximum atomic E-state index is 10.5. The molecule has 0 bridgehead atoms. The van der Waals surface area contributed by atoms with Gasteiger partial charge in [0.05, 0.1) is 0 Å². The molecule has 2 rings (SSSR count). The van der Waals surface area contributed by atoms with Gasteiger partial charge in [0.25, 0.3) is 0 Å². The van der Waals surface area contributed by atoms with Gasteiger partial charge in [-0.3, -0.25) is 0 Å². The lowest BCUT2D eigenvalue weighted by Crippen LogP contribution is -2.17. The molecule has 0 spiro atoms.